The molecule has 25 heavy (non-hydrogen) atoms. The molecule has 0 radical (unpaired) electrons. The number of carbonyl (C=O) groups excluding carboxylic acids is 2. The van der Waals surface area contributed by atoms with E-state index in [9.17, 15) is 9.59 Å². The van der Waals surface area contributed by atoms with Gasteiger partial charge in [0.25, 0.3) is 0 Å². The molecule has 4 heteroatoms. The Morgan fingerprint density at radius 2 is 1.88 bits per heavy atom. The molecule has 1 heterocycles. The average Bonchev–Trinajstić information content (AvgIpc) is 3.45. The molecule has 2 fully saturated rings. The summed E-state index contributed by atoms with van der Waals surface area (Å²) < 4.78 is 0. The van der Waals surface area contributed by atoms with Gasteiger partial charge in [0.05, 0.1) is 5.92 Å². The van der Waals surface area contributed by atoms with Crippen LogP contribution in [0, 0.1) is 11.8 Å². The van der Waals surface area contributed by atoms with E-state index in [1.54, 1.807) is 0 Å². The summed E-state index contributed by atoms with van der Waals surface area (Å²) >= 11 is 0. The van der Waals surface area contributed by atoms with Gasteiger partial charge in [0, 0.05) is 32.1 Å². The van der Waals surface area contributed by atoms with E-state index in [-0.39, 0.29) is 23.7 Å². The van der Waals surface area contributed by atoms with Crippen molar-refractivity contribution in [1.82, 2.24) is 9.80 Å². The fraction of sp³-hybridized carbons (Fsp3) is 0.524. The quantitative estimate of drug-likeness (QED) is 0.746. The van der Waals surface area contributed by atoms with E-state index in [0.717, 1.165) is 43.4 Å². The van der Waals surface area contributed by atoms with Crippen LogP contribution < -0.4 is 0 Å². The molecule has 3 rings (SSSR count). The van der Waals surface area contributed by atoms with Crippen LogP contribution in [0.3, 0.4) is 0 Å². The molecule has 2 aliphatic rings. The summed E-state index contributed by atoms with van der Waals surface area (Å²) in [5, 5.41) is 0. The number of amides is 2. The van der Waals surface area contributed by atoms with Crippen molar-refractivity contribution in [2.75, 3.05) is 19.6 Å². The zero-order valence-corrected chi connectivity index (χ0v) is 15.1. The Balaban J connectivity index is 1.67. The molecule has 0 bridgehead atoms. The molecular weight excluding hydrogens is 312 g/mol. The molecule has 0 aromatic heterocycles. The molecule has 4 nitrogen and oxygen atoms in total. The van der Waals surface area contributed by atoms with Crippen LogP contribution >= 0.6 is 0 Å². The SMILES string of the molecule is C=C(C)CN(Cc1ccccc1)C(=O)[C@@H]1CCCN(C(=O)C2CC2)C1. The smallest absolute Gasteiger partial charge is 0.228 e. The molecule has 1 saturated carbocycles. The minimum Gasteiger partial charge on any atom is -0.342 e. The van der Waals surface area contributed by atoms with Crippen LogP contribution in [-0.2, 0) is 16.1 Å². The maximum Gasteiger partial charge on any atom is 0.228 e. The summed E-state index contributed by atoms with van der Waals surface area (Å²) in [6.07, 6.45) is 3.82. The molecule has 1 aliphatic carbocycles. The van der Waals surface area contributed by atoms with Crippen molar-refractivity contribution >= 4 is 11.8 Å². The third-order valence-electron chi connectivity index (χ3n) is 5.00. The van der Waals surface area contributed by atoms with Crippen LogP contribution in [0.4, 0.5) is 0 Å². The third kappa shape index (κ3) is 4.71. The topological polar surface area (TPSA) is 40.6 Å². The lowest BCUT2D eigenvalue weighted by molar-refractivity contribution is -0.141. The van der Waals surface area contributed by atoms with Crippen LogP contribution in [0.2, 0.25) is 0 Å². The zero-order chi connectivity index (χ0) is 17.8. The normalized spacial score (nSPS) is 20.2. The summed E-state index contributed by atoms with van der Waals surface area (Å²) in [7, 11) is 0. The lowest BCUT2D eigenvalue weighted by Gasteiger charge is -2.35. The first-order valence-corrected chi connectivity index (χ1v) is 9.30. The maximum absolute atomic E-state index is 13.1. The Morgan fingerprint density at radius 1 is 1.16 bits per heavy atom. The van der Waals surface area contributed by atoms with E-state index < -0.39 is 0 Å². The Hall–Kier alpha value is -2.10. The largest absolute Gasteiger partial charge is 0.342 e. The second-order valence-corrected chi connectivity index (χ2v) is 7.53. The minimum atomic E-state index is -0.0838. The van der Waals surface area contributed by atoms with E-state index >= 15 is 0 Å². The van der Waals surface area contributed by atoms with Crippen molar-refractivity contribution in [3.63, 3.8) is 0 Å². The number of hydrogen-bond donors (Lipinski definition) is 0. The molecule has 0 spiro atoms. The molecule has 1 aromatic carbocycles. The van der Waals surface area contributed by atoms with Gasteiger partial charge in [0.2, 0.25) is 11.8 Å². The van der Waals surface area contributed by atoms with Crippen LogP contribution in [0.5, 0.6) is 0 Å². The number of likely N-dealkylation sites (tertiary alicyclic amines) is 1. The van der Waals surface area contributed by atoms with Crippen LogP contribution in [0.15, 0.2) is 42.5 Å². The van der Waals surface area contributed by atoms with Gasteiger partial charge in [-0.2, -0.15) is 0 Å². The van der Waals surface area contributed by atoms with Gasteiger partial charge in [-0.05, 0) is 38.2 Å². The van der Waals surface area contributed by atoms with Gasteiger partial charge in [-0.15, -0.1) is 0 Å². The number of hydrogen-bond acceptors (Lipinski definition) is 2. The second kappa shape index (κ2) is 7.85. The van der Waals surface area contributed by atoms with Gasteiger partial charge >= 0.3 is 0 Å². The lowest BCUT2D eigenvalue weighted by Crippen LogP contribution is -2.47. The molecule has 1 aliphatic heterocycles. The van der Waals surface area contributed by atoms with Crippen LogP contribution in [0.1, 0.15) is 38.2 Å². The average molecular weight is 340 g/mol. The highest BCUT2D eigenvalue weighted by molar-refractivity contribution is 5.83. The van der Waals surface area contributed by atoms with E-state index in [4.69, 9.17) is 0 Å². The molecule has 1 saturated heterocycles. The van der Waals surface area contributed by atoms with Gasteiger partial charge in [0.15, 0.2) is 0 Å². The monoisotopic (exact) mass is 340 g/mol. The van der Waals surface area contributed by atoms with E-state index in [0.29, 0.717) is 19.6 Å². The van der Waals surface area contributed by atoms with Crippen molar-refractivity contribution in [3.8, 4) is 0 Å². The van der Waals surface area contributed by atoms with Gasteiger partial charge in [0.1, 0.15) is 0 Å². The molecular formula is C21H28N2O2. The zero-order valence-electron chi connectivity index (χ0n) is 15.1. The van der Waals surface area contributed by atoms with Gasteiger partial charge < -0.3 is 9.80 Å². The fourth-order valence-corrected chi connectivity index (χ4v) is 3.57. The highest BCUT2D eigenvalue weighted by atomic mass is 16.2. The number of piperidine rings is 1. The number of nitrogens with zero attached hydrogens (tertiary/aromatic N) is 2. The standard InChI is InChI=1S/C21H28N2O2/c1-16(2)13-23(14-17-7-4-3-5-8-17)21(25)19-9-6-12-22(15-19)20(24)18-10-11-18/h3-5,7-8,18-19H,1,6,9-15H2,2H3/t19-/m1/s1. The fourth-order valence-electron chi connectivity index (χ4n) is 3.57. The van der Waals surface area contributed by atoms with E-state index in [1.165, 1.54) is 0 Å². The van der Waals surface area contributed by atoms with Crippen molar-refractivity contribution in [1.29, 1.82) is 0 Å². The third-order valence-corrected chi connectivity index (χ3v) is 5.00. The van der Waals surface area contributed by atoms with E-state index in [2.05, 4.69) is 6.58 Å². The number of benzene rings is 1. The molecule has 1 aromatic rings. The summed E-state index contributed by atoms with van der Waals surface area (Å²) in [4.78, 5) is 29.3. The highest BCUT2D eigenvalue weighted by Gasteiger charge is 2.37. The van der Waals surface area contributed by atoms with Gasteiger partial charge in [-0.3, -0.25) is 9.59 Å². The van der Waals surface area contributed by atoms with Crippen molar-refractivity contribution < 1.29 is 9.59 Å². The first-order chi connectivity index (χ1) is 12.0. The first kappa shape index (κ1) is 17.7. The van der Waals surface area contributed by atoms with Gasteiger partial charge in [-0.1, -0.05) is 42.5 Å². The number of rotatable bonds is 6. The van der Waals surface area contributed by atoms with Gasteiger partial charge in [-0.25, -0.2) is 0 Å². The molecule has 134 valence electrons. The van der Waals surface area contributed by atoms with Crippen molar-refractivity contribution in [2.24, 2.45) is 11.8 Å². The maximum atomic E-state index is 13.1. The first-order valence-electron chi connectivity index (χ1n) is 9.30. The Morgan fingerprint density at radius 3 is 2.52 bits per heavy atom. The van der Waals surface area contributed by atoms with Crippen molar-refractivity contribution in [3.05, 3.63) is 48.0 Å². The Bertz CT molecular complexity index is 637. The van der Waals surface area contributed by atoms with Crippen LogP contribution in [0.25, 0.3) is 0 Å². The van der Waals surface area contributed by atoms with Crippen LogP contribution in [-0.4, -0.2) is 41.2 Å². The summed E-state index contributed by atoms with van der Waals surface area (Å²) in [6.45, 7) is 8.48. The second-order valence-electron chi connectivity index (χ2n) is 7.53. The molecule has 2 amide bonds. The Kier molecular flexibility index (Phi) is 5.57. The molecule has 1 atom stereocenters. The number of carbonyl (C=O) groups is 2. The molecule has 0 N–H and O–H groups in total. The predicted molar refractivity (Wildman–Crippen MR) is 98.7 cm³/mol. The summed E-state index contributed by atoms with van der Waals surface area (Å²) in [5.41, 5.74) is 2.10. The lowest BCUT2D eigenvalue weighted by atomic mass is 9.95. The minimum absolute atomic E-state index is 0.0838. The van der Waals surface area contributed by atoms with E-state index in [1.807, 2.05) is 47.1 Å². The summed E-state index contributed by atoms with van der Waals surface area (Å²) in [5.74, 6) is 0.552. The van der Waals surface area contributed by atoms with Crippen molar-refractivity contribution in [2.45, 2.75) is 39.2 Å². The Labute approximate surface area is 150 Å². The molecule has 0 unspecified atom stereocenters. The highest BCUT2D eigenvalue weighted by Crippen LogP contribution is 2.32. The summed E-state index contributed by atoms with van der Waals surface area (Å²) in [6, 6.07) is 10.1. The predicted octanol–water partition coefficient (Wildman–Crippen LogP) is 3.24.